The van der Waals surface area contributed by atoms with Crippen molar-refractivity contribution in [3.05, 3.63) is 28.8 Å². The van der Waals surface area contributed by atoms with E-state index >= 15 is 0 Å². The quantitative estimate of drug-likeness (QED) is 0.728. The van der Waals surface area contributed by atoms with Crippen LogP contribution in [0.25, 0.3) is 0 Å². The van der Waals surface area contributed by atoms with E-state index in [2.05, 4.69) is 5.32 Å². The molecule has 0 bridgehead atoms. The zero-order chi connectivity index (χ0) is 18.8. The fraction of sp³-hybridized carbons (Fsp3) is 0.357. The van der Waals surface area contributed by atoms with Gasteiger partial charge in [-0.05, 0) is 18.2 Å². The Bertz CT molecular complexity index is 711. The maximum absolute atomic E-state index is 12.4. The van der Waals surface area contributed by atoms with E-state index in [1.807, 2.05) is 5.32 Å². The second kappa shape index (κ2) is 7.18. The largest absolute Gasteiger partial charge is 0.480 e. The third-order valence-corrected chi connectivity index (χ3v) is 3.71. The molecule has 25 heavy (non-hydrogen) atoms. The lowest BCUT2D eigenvalue weighted by atomic mass is 10.1. The van der Waals surface area contributed by atoms with Crippen LogP contribution in [-0.2, 0) is 4.79 Å². The minimum atomic E-state index is -4.75. The molecule has 1 aromatic carbocycles. The number of amides is 3. The van der Waals surface area contributed by atoms with Gasteiger partial charge in [0.2, 0.25) is 0 Å². The van der Waals surface area contributed by atoms with E-state index in [1.54, 1.807) is 0 Å². The van der Waals surface area contributed by atoms with E-state index in [1.165, 1.54) is 23.1 Å². The topological polar surface area (TPSA) is 98.7 Å². The molecular weight excluding hydrogens is 367 g/mol. The average molecular weight is 380 g/mol. The number of anilines is 1. The summed E-state index contributed by atoms with van der Waals surface area (Å²) in [5, 5.41) is 13.4. The van der Waals surface area contributed by atoms with E-state index < -0.39 is 36.5 Å². The lowest BCUT2D eigenvalue weighted by Crippen LogP contribution is -2.43. The Labute approximate surface area is 144 Å². The standard InChI is InChI=1S/C14H13ClF3N3O4/c15-8-2-1-7(5-10(8)21-4-3-19-13(21)25)11(22)20-9(12(23)24)6-14(16,17)18/h1-2,5,9H,3-4,6H2,(H,19,25)(H,20,22)(H,23,24). The maximum Gasteiger partial charge on any atom is 0.391 e. The van der Waals surface area contributed by atoms with Gasteiger partial charge in [0.1, 0.15) is 6.04 Å². The molecule has 0 aliphatic carbocycles. The molecule has 136 valence electrons. The molecular formula is C14H13ClF3N3O4. The highest BCUT2D eigenvalue weighted by molar-refractivity contribution is 6.34. The van der Waals surface area contributed by atoms with Crippen LogP contribution in [-0.4, -0.2) is 48.3 Å². The van der Waals surface area contributed by atoms with Gasteiger partial charge in [-0.3, -0.25) is 9.69 Å². The number of nitrogens with zero attached hydrogens (tertiary/aromatic N) is 1. The van der Waals surface area contributed by atoms with E-state index in [-0.39, 0.29) is 16.3 Å². The van der Waals surface area contributed by atoms with Crippen LogP contribution in [0.15, 0.2) is 18.2 Å². The number of aliphatic carboxylic acids is 1. The van der Waals surface area contributed by atoms with Crippen molar-refractivity contribution in [2.75, 3.05) is 18.0 Å². The van der Waals surface area contributed by atoms with E-state index in [4.69, 9.17) is 16.7 Å². The molecule has 1 heterocycles. The highest BCUT2D eigenvalue weighted by atomic mass is 35.5. The summed E-state index contributed by atoms with van der Waals surface area (Å²) < 4.78 is 37.2. The van der Waals surface area contributed by atoms with Gasteiger partial charge in [0.25, 0.3) is 5.91 Å². The van der Waals surface area contributed by atoms with Crippen LogP contribution in [0.1, 0.15) is 16.8 Å². The van der Waals surface area contributed by atoms with Crippen LogP contribution < -0.4 is 15.5 Å². The predicted octanol–water partition coefficient (Wildman–Crippen LogP) is 2.00. The van der Waals surface area contributed by atoms with Gasteiger partial charge in [-0.1, -0.05) is 11.6 Å². The molecule has 11 heteroatoms. The molecule has 1 atom stereocenters. The highest BCUT2D eigenvalue weighted by Crippen LogP contribution is 2.28. The van der Waals surface area contributed by atoms with Gasteiger partial charge in [-0.2, -0.15) is 13.2 Å². The number of hydrogen-bond donors (Lipinski definition) is 3. The lowest BCUT2D eigenvalue weighted by molar-refractivity contribution is -0.157. The molecule has 0 spiro atoms. The van der Waals surface area contributed by atoms with Gasteiger partial charge in [-0.15, -0.1) is 0 Å². The zero-order valence-corrected chi connectivity index (χ0v) is 13.3. The van der Waals surface area contributed by atoms with Crippen LogP contribution in [0.4, 0.5) is 23.7 Å². The number of alkyl halides is 3. The van der Waals surface area contributed by atoms with Crippen LogP contribution in [0.5, 0.6) is 0 Å². The molecule has 2 rings (SSSR count). The number of carboxylic acids is 1. The van der Waals surface area contributed by atoms with Crippen molar-refractivity contribution in [1.82, 2.24) is 10.6 Å². The first-order valence-corrected chi connectivity index (χ1v) is 7.41. The summed E-state index contributed by atoms with van der Waals surface area (Å²) in [6, 6.07) is 1.19. The summed E-state index contributed by atoms with van der Waals surface area (Å²) in [4.78, 5) is 36.0. The molecule has 1 aromatic rings. The Morgan fingerprint density at radius 2 is 2.08 bits per heavy atom. The molecule has 0 saturated carbocycles. The van der Waals surface area contributed by atoms with Gasteiger partial charge in [0.15, 0.2) is 0 Å². The van der Waals surface area contributed by atoms with Gasteiger partial charge in [0.05, 0.1) is 17.1 Å². The maximum atomic E-state index is 12.4. The Balaban J connectivity index is 2.21. The van der Waals surface area contributed by atoms with E-state index in [0.717, 1.165) is 0 Å². The number of carboxylic acid groups (broad SMARTS) is 1. The summed E-state index contributed by atoms with van der Waals surface area (Å²) in [6.45, 7) is 0.674. The molecule has 1 saturated heterocycles. The van der Waals surface area contributed by atoms with Crippen LogP contribution >= 0.6 is 11.6 Å². The predicted molar refractivity (Wildman–Crippen MR) is 81.8 cm³/mol. The van der Waals surface area contributed by atoms with Crippen molar-refractivity contribution < 1.29 is 32.7 Å². The summed E-state index contributed by atoms with van der Waals surface area (Å²) in [5.41, 5.74) is 0.0829. The first-order valence-electron chi connectivity index (χ1n) is 7.04. The summed E-state index contributed by atoms with van der Waals surface area (Å²) in [7, 11) is 0. The smallest absolute Gasteiger partial charge is 0.391 e. The molecule has 3 N–H and O–H groups in total. The highest BCUT2D eigenvalue weighted by Gasteiger charge is 2.36. The molecule has 1 aliphatic rings. The Kier molecular flexibility index (Phi) is 5.41. The first-order chi connectivity index (χ1) is 11.6. The number of hydrogen-bond acceptors (Lipinski definition) is 3. The number of nitrogens with one attached hydrogen (secondary N) is 2. The Hall–Kier alpha value is -2.49. The summed E-state index contributed by atoms with van der Waals surface area (Å²) in [5.74, 6) is -2.83. The second-order valence-corrected chi connectivity index (χ2v) is 5.64. The van der Waals surface area contributed by atoms with Crippen molar-refractivity contribution >= 4 is 35.2 Å². The molecule has 7 nitrogen and oxygen atoms in total. The Morgan fingerprint density at radius 1 is 1.40 bits per heavy atom. The number of benzene rings is 1. The lowest BCUT2D eigenvalue weighted by Gasteiger charge is -2.19. The number of rotatable bonds is 5. The number of halogens is 4. The molecule has 1 unspecified atom stereocenters. The van der Waals surface area contributed by atoms with Gasteiger partial charge in [-0.25, -0.2) is 9.59 Å². The summed E-state index contributed by atoms with van der Waals surface area (Å²) >= 11 is 5.99. The molecule has 0 aromatic heterocycles. The number of carbonyl (C=O) groups is 3. The molecule has 0 radical (unpaired) electrons. The fourth-order valence-corrected chi connectivity index (χ4v) is 2.45. The van der Waals surface area contributed by atoms with Crippen LogP contribution in [0, 0.1) is 0 Å². The SMILES string of the molecule is O=C(NC(CC(F)(F)F)C(=O)O)c1ccc(Cl)c(N2CCNC2=O)c1. The van der Waals surface area contributed by atoms with Crippen molar-refractivity contribution in [3.63, 3.8) is 0 Å². The van der Waals surface area contributed by atoms with Crippen LogP contribution in [0.2, 0.25) is 5.02 Å². The van der Waals surface area contributed by atoms with Crippen molar-refractivity contribution in [2.24, 2.45) is 0 Å². The minimum absolute atomic E-state index is 0.118. The van der Waals surface area contributed by atoms with Gasteiger partial charge < -0.3 is 15.7 Å². The Morgan fingerprint density at radius 3 is 2.60 bits per heavy atom. The first kappa shape index (κ1) is 18.8. The van der Waals surface area contributed by atoms with Gasteiger partial charge >= 0.3 is 18.2 Å². The third-order valence-electron chi connectivity index (χ3n) is 3.39. The van der Waals surface area contributed by atoms with Crippen molar-refractivity contribution in [3.8, 4) is 0 Å². The van der Waals surface area contributed by atoms with Crippen molar-refractivity contribution in [2.45, 2.75) is 18.6 Å². The average Bonchev–Trinajstić information content (AvgIpc) is 2.91. The second-order valence-electron chi connectivity index (χ2n) is 5.23. The van der Waals surface area contributed by atoms with Crippen LogP contribution in [0.3, 0.4) is 0 Å². The minimum Gasteiger partial charge on any atom is -0.480 e. The summed E-state index contributed by atoms with van der Waals surface area (Å²) in [6.07, 6.45) is -6.46. The molecule has 3 amide bonds. The number of urea groups is 1. The molecule has 1 fully saturated rings. The zero-order valence-electron chi connectivity index (χ0n) is 12.6. The van der Waals surface area contributed by atoms with Crippen molar-refractivity contribution in [1.29, 1.82) is 0 Å². The molecule has 1 aliphatic heterocycles. The normalized spacial score (nSPS) is 15.7. The fourth-order valence-electron chi connectivity index (χ4n) is 2.24. The van der Waals surface area contributed by atoms with E-state index in [9.17, 15) is 27.6 Å². The monoisotopic (exact) mass is 379 g/mol. The number of carbonyl (C=O) groups excluding carboxylic acids is 2. The van der Waals surface area contributed by atoms with E-state index in [0.29, 0.717) is 13.1 Å². The third kappa shape index (κ3) is 4.75. The van der Waals surface area contributed by atoms with Gasteiger partial charge in [0, 0.05) is 18.7 Å².